The molecule has 0 N–H and O–H groups in total. The maximum absolute atomic E-state index is 12.4. The van der Waals surface area contributed by atoms with Crippen molar-refractivity contribution in [3.63, 3.8) is 0 Å². The van der Waals surface area contributed by atoms with Crippen molar-refractivity contribution in [2.24, 2.45) is 0 Å². The third-order valence-corrected chi connectivity index (χ3v) is 4.66. The average molecular weight is 336 g/mol. The number of methoxy groups -OCH3 is 1. The van der Waals surface area contributed by atoms with Gasteiger partial charge in [-0.3, -0.25) is 14.6 Å². The highest BCUT2D eigenvalue weighted by Gasteiger charge is 2.40. The van der Waals surface area contributed by atoms with Gasteiger partial charge in [-0.05, 0) is 19.8 Å². The van der Waals surface area contributed by atoms with E-state index in [1.165, 1.54) is 4.90 Å². The van der Waals surface area contributed by atoms with Gasteiger partial charge in [-0.1, -0.05) is 5.16 Å². The van der Waals surface area contributed by atoms with E-state index in [1.807, 2.05) is 13.0 Å². The zero-order valence-corrected chi connectivity index (χ0v) is 14.2. The number of urea groups is 1. The van der Waals surface area contributed by atoms with Gasteiger partial charge in [0.1, 0.15) is 12.3 Å². The van der Waals surface area contributed by atoms with Gasteiger partial charge < -0.3 is 14.2 Å². The molecule has 8 heteroatoms. The molecule has 2 aliphatic heterocycles. The molecule has 24 heavy (non-hydrogen) atoms. The molecular weight excluding hydrogens is 312 g/mol. The van der Waals surface area contributed by atoms with Crippen LogP contribution in [0.3, 0.4) is 0 Å². The first-order valence-electron chi connectivity index (χ1n) is 8.33. The van der Waals surface area contributed by atoms with E-state index >= 15 is 0 Å². The summed E-state index contributed by atoms with van der Waals surface area (Å²) >= 11 is 0. The second-order valence-corrected chi connectivity index (χ2v) is 6.38. The molecule has 0 spiro atoms. The number of carbonyl (C=O) groups excluding carboxylic acids is 2. The molecule has 1 aromatic rings. The van der Waals surface area contributed by atoms with E-state index in [1.54, 1.807) is 12.0 Å². The molecule has 2 fully saturated rings. The summed E-state index contributed by atoms with van der Waals surface area (Å²) in [5.41, 5.74) is 0.934. The Kier molecular flexibility index (Phi) is 5.15. The summed E-state index contributed by atoms with van der Waals surface area (Å²) in [5.74, 6) is 0.690. The van der Waals surface area contributed by atoms with E-state index in [4.69, 9.17) is 9.26 Å². The van der Waals surface area contributed by atoms with E-state index in [2.05, 4.69) is 10.1 Å². The lowest BCUT2D eigenvalue weighted by atomic mass is 10.0. The number of nitrogens with zero attached hydrogens (tertiary/aromatic N) is 4. The summed E-state index contributed by atoms with van der Waals surface area (Å²) < 4.78 is 10.1. The van der Waals surface area contributed by atoms with Crippen LogP contribution in [-0.2, 0) is 16.1 Å². The zero-order valence-electron chi connectivity index (χ0n) is 14.2. The fourth-order valence-electron chi connectivity index (χ4n) is 3.36. The van der Waals surface area contributed by atoms with E-state index in [0.29, 0.717) is 13.2 Å². The number of imide groups is 1. The van der Waals surface area contributed by atoms with Gasteiger partial charge in [0.05, 0.1) is 18.8 Å². The molecule has 1 aromatic heterocycles. The Morgan fingerprint density at radius 1 is 1.33 bits per heavy atom. The number of ether oxygens (including phenoxy) is 1. The SMILES string of the molecule is COCCN1C(=O)CN(C2CCN(Cc3cc(C)on3)CC2)C1=O. The van der Waals surface area contributed by atoms with E-state index in [9.17, 15) is 9.59 Å². The van der Waals surface area contributed by atoms with Gasteiger partial charge in [-0.2, -0.15) is 0 Å². The van der Waals surface area contributed by atoms with Gasteiger partial charge in [0.25, 0.3) is 0 Å². The van der Waals surface area contributed by atoms with Crippen molar-refractivity contribution in [1.29, 1.82) is 0 Å². The van der Waals surface area contributed by atoms with Crippen molar-refractivity contribution < 1.29 is 18.8 Å². The molecule has 0 bridgehead atoms. The van der Waals surface area contributed by atoms with E-state index in [0.717, 1.165) is 43.9 Å². The smallest absolute Gasteiger partial charge is 0.327 e. The summed E-state index contributed by atoms with van der Waals surface area (Å²) in [6.07, 6.45) is 1.74. The molecule has 3 rings (SSSR count). The standard InChI is InChI=1S/C16H24N4O4/c1-12-9-13(17-24-12)10-18-5-3-14(4-6-18)20-11-15(21)19(16(20)22)7-8-23-2/h9,14H,3-8,10-11H2,1-2H3. The van der Waals surface area contributed by atoms with Crippen LogP contribution in [0.2, 0.25) is 0 Å². The zero-order chi connectivity index (χ0) is 17.1. The Bertz CT molecular complexity index is 595. The summed E-state index contributed by atoms with van der Waals surface area (Å²) in [6, 6.07) is 1.90. The van der Waals surface area contributed by atoms with Crippen LogP contribution in [-0.4, -0.2) is 77.7 Å². The predicted molar refractivity (Wildman–Crippen MR) is 85.2 cm³/mol. The normalized spacial score (nSPS) is 20.4. The first-order chi connectivity index (χ1) is 11.6. The largest absolute Gasteiger partial charge is 0.383 e. The minimum atomic E-state index is -0.178. The van der Waals surface area contributed by atoms with Crippen molar-refractivity contribution in [1.82, 2.24) is 19.9 Å². The summed E-state index contributed by atoms with van der Waals surface area (Å²) in [7, 11) is 1.56. The second kappa shape index (κ2) is 7.31. The quantitative estimate of drug-likeness (QED) is 0.717. The predicted octanol–water partition coefficient (Wildman–Crippen LogP) is 0.858. The number of rotatable bonds is 6. The van der Waals surface area contributed by atoms with Crippen molar-refractivity contribution in [2.75, 3.05) is 39.9 Å². The van der Waals surface area contributed by atoms with Crippen molar-refractivity contribution in [3.8, 4) is 0 Å². The Balaban J connectivity index is 1.51. The van der Waals surface area contributed by atoms with Gasteiger partial charge in [0, 0.05) is 38.9 Å². The monoisotopic (exact) mass is 336 g/mol. The molecule has 132 valence electrons. The number of piperidine rings is 1. The van der Waals surface area contributed by atoms with Crippen molar-refractivity contribution in [3.05, 3.63) is 17.5 Å². The number of hydrogen-bond donors (Lipinski definition) is 0. The lowest BCUT2D eigenvalue weighted by molar-refractivity contribution is -0.125. The Morgan fingerprint density at radius 3 is 2.71 bits per heavy atom. The number of aromatic nitrogens is 1. The van der Waals surface area contributed by atoms with Gasteiger partial charge in [-0.25, -0.2) is 4.79 Å². The average Bonchev–Trinajstić information content (AvgIpc) is 3.10. The molecule has 2 saturated heterocycles. The molecular formula is C16H24N4O4. The first kappa shape index (κ1) is 16.9. The summed E-state index contributed by atoms with van der Waals surface area (Å²) in [5, 5.41) is 4.02. The van der Waals surface area contributed by atoms with E-state index in [-0.39, 0.29) is 24.5 Å². The highest BCUT2D eigenvalue weighted by atomic mass is 16.5. The maximum Gasteiger partial charge on any atom is 0.327 e. The van der Waals surface area contributed by atoms with Gasteiger partial charge in [0.15, 0.2) is 0 Å². The van der Waals surface area contributed by atoms with Crippen LogP contribution in [0, 0.1) is 6.92 Å². The van der Waals surface area contributed by atoms with Crippen LogP contribution < -0.4 is 0 Å². The molecule has 0 atom stereocenters. The van der Waals surface area contributed by atoms with Crippen LogP contribution in [0.25, 0.3) is 0 Å². The first-order valence-corrected chi connectivity index (χ1v) is 8.33. The number of hydrogen-bond acceptors (Lipinski definition) is 6. The minimum Gasteiger partial charge on any atom is -0.383 e. The van der Waals surface area contributed by atoms with Crippen LogP contribution in [0.1, 0.15) is 24.3 Å². The van der Waals surface area contributed by atoms with Crippen LogP contribution in [0.15, 0.2) is 10.6 Å². The molecule has 0 aromatic carbocycles. The maximum atomic E-state index is 12.4. The Hall–Kier alpha value is -1.93. The lowest BCUT2D eigenvalue weighted by Crippen LogP contribution is -2.46. The third kappa shape index (κ3) is 3.59. The topological polar surface area (TPSA) is 79.1 Å². The molecule has 3 heterocycles. The molecule has 2 aliphatic rings. The molecule has 3 amide bonds. The Morgan fingerprint density at radius 2 is 2.08 bits per heavy atom. The van der Waals surface area contributed by atoms with Gasteiger partial charge in [0.2, 0.25) is 5.91 Å². The van der Waals surface area contributed by atoms with Crippen LogP contribution in [0.4, 0.5) is 4.79 Å². The van der Waals surface area contributed by atoms with E-state index < -0.39 is 0 Å². The molecule has 0 aliphatic carbocycles. The lowest BCUT2D eigenvalue weighted by Gasteiger charge is -2.35. The number of amides is 3. The molecule has 0 saturated carbocycles. The second-order valence-electron chi connectivity index (χ2n) is 6.38. The molecule has 8 nitrogen and oxygen atoms in total. The fraction of sp³-hybridized carbons (Fsp3) is 0.688. The number of likely N-dealkylation sites (tertiary alicyclic amines) is 1. The molecule has 0 radical (unpaired) electrons. The number of aryl methyl sites for hydroxylation is 1. The van der Waals surface area contributed by atoms with Crippen molar-refractivity contribution >= 4 is 11.9 Å². The van der Waals surface area contributed by atoms with Crippen LogP contribution in [0.5, 0.6) is 0 Å². The number of carbonyl (C=O) groups is 2. The van der Waals surface area contributed by atoms with Crippen LogP contribution >= 0.6 is 0 Å². The highest BCUT2D eigenvalue weighted by molar-refractivity contribution is 6.02. The van der Waals surface area contributed by atoms with Gasteiger partial charge >= 0.3 is 6.03 Å². The summed E-state index contributed by atoms with van der Waals surface area (Å²) in [6.45, 7) is 5.30. The van der Waals surface area contributed by atoms with Crippen molar-refractivity contribution in [2.45, 2.75) is 32.4 Å². The highest BCUT2D eigenvalue weighted by Crippen LogP contribution is 2.23. The minimum absolute atomic E-state index is 0.127. The van der Waals surface area contributed by atoms with Gasteiger partial charge in [-0.15, -0.1) is 0 Å². The fourth-order valence-corrected chi connectivity index (χ4v) is 3.36. The third-order valence-electron chi connectivity index (χ3n) is 4.66. The Labute approximate surface area is 141 Å². The summed E-state index contributed by atoms with van der Waals surface area (Å²) in [4.78, 5) is 29.8. The molecule has 0 unspecified atom stereocenters.